The minimum absolute atomic E-state index is 0. The average Bonchev–Trinajstić information content (AvgIpc) is 1.50. The Bertz CT molecular complexity index is 6060. The van der Waals surface area contributed by atoms with Gasteiger partial charge in [0.15, 0.2) is 7.05 Å². The monoisotopic (exact) mass is 2040 g/mol. The zero-order valence-corrected chi connectivity index (χ0v) is 65.4. The van der Waals surface area contributed by atoms with Crippen LogP contribution in [0.2, 0.25) is 0 Å². The number of thioether (sulfide) groups is 2. The molecule has 0 spiro atoms. The van der Waals surface area contributed by atoms with Crippen molar-refractivity contribution in [2.45, 2.75) is 61.0 Å². The number of hydrogen-bond donors (Lipinski definition) is 0. The topological polar surface area (TPSA) is 75.2 Å². The van der Waals surface area contributed by atoms with Crippen molar-refractivity contribution in [3.63, 3.8) is 0 Å². The van der Waals surface area contributed by atoms with Crippen LogP contribution in [0.15, 0.2) is 229 Å². The quantitative estimate of drug-likeness (QED) is 0.0975. The van der Waals surface area contributed by atoms with Crippen molar-refractivity contribution < 1.29 is 89.6 Å². The van der Waals surface area contributed by atoms with E-state index in [0.29, 0.717) is 0 Å². The third-order valence-corrected chi connectivity index (χ3v) is 21.6. The van der Waals surface area contributed by atoms with Crippen molar-refractivity contribution in [1.29, 1.82) is 0 Å². The van der Waals surface area contributed by atoms with Crippen molar-refractivity contribution in [2.75, 3.05) is 7.05 Å². The molecule has 8 aromatic heterocycles. The molecule has 0 fully saturated rings. The van der Waals surface area contributed by atoms with E-state index in [0.717, 1.165) is 87.0 Å². The molecule has 10 nitrogen and oxygen atoms in total. The van der Waals surface area contributed by atoms with Crippen LogP contribution in [0.3, 0.4) is 0 Å². The molecule has 5 aliphatic rings. The van der Waals surface area contributed by atoms with Gasteiger partial charge in [-0.3, -0.25) is 19.9 Å². The Morgan fingerprint density at radius 3 is 1.46 bits per heavy atom. The van der Waals surface area contributed by atoms with Crippen molar-refractivity contribution in [1.82, 2.24) is 37.5 Å². The molecule has 0 N–H and O–H groups in total. The molecule has 18 aromatic rings. The fourth-order valence-electron chi connectivity index (χ4n) is 15.3. The van der Waals surface area contributed by atoms with E-state index in [2.05, 4.69) is 216 Å². The Kier molecular flexibility index (Phi) is 18.5. The van der Waals surface area contributed by atoms with Crippen LogP contribution in [0.5, 0.6) is 0 Å². The predicted octanol–water partition coefficient (Wildman–Crippen LogP) is 18.9. The van der Waals surface area contributed by atoms with Gasteiger partial charge in [0.2, 0.25) is 6.20 Å². The number of fused-ring (bicyclic) bond motifs is 12. The number of aryl methyl sites for hydroxylation is 6. The molecule has 13 heterocycles. The molecule has 100 heavy (non-hydrogen) atoms. The number of benzene rings is 10. The summed E-state index contributed by atoms with van der Waals surface area (Å²) in [5.41, 5.74) is 23.7. The number of imidazole rings is 4. The summed E-state index contributed by atoms with van der Waals surface area (Å²) in [5.74, 6) is 2.02. The van der Waals surface area contributed by atoms with Crippen LogP contribution < -0.4 is 0 Å². The zero-order chi connectivity index (χ0) is 63.7. The molecule has 0 unspecified atom stereocenters. The Morgan fingerprint density at radius 1 is 0.410 bits per heavy atom. The molecule has 494 valence electrons. The fraction of sp³-hybridized carbons (Fsp3) is 0.107. The average molecular weight is 2040 g/mol. The summed E-state index contributed by atoms with van der Waals surface area (Å²) in [6.07, 6.45) is 16.3. The van der Waals surface area contributed by atoms with Crippen molar-refractivity contribution in [2.24, 2.45) is 0 Å². The first-order chi connectivity index (χ1) is 47.4. The van der Waals surface area contributed by atoms with Crippen LogP contribution >= 0.6 is 23.5 Å². The fourth-order valence-corrected chi connectivity index (χ4v) is 17.3. The Labute approximate surface area is 639 Å². The molecule has 0 aliphatic carbocycles. The third-order valence-electron chi connectivity index (χ3n) is 19.5. The summed E-state index contributed by atoms with van der Waals surface area (Å²) >= 11 is 3.75. The van der Waals surface area contributed by atoms with Crippen LogP contribution in [0.4, 0.5) is 5.69 Å². The molecule has 10 aromatic carbocycles. The molecular formula is C84H57Ir4N10S2-3. The molecule has 4 radical (unpaired) electrons. The van der Waals surface area contributed by atoms with E-state index < -0.39 is 0 Å². The van der Waals surface area contributed by atoms with Crippen LogP contribution in [0.25, 0.3) is 120 Å². The van der Waals surface area contributed by atoms with Crippen molar-refractivity contribution >= 4 is 145 Å². The van der Waals surface area contributed by atoms with Crippen LogP contribution in [-0.2, 0) is 118 Å². The van der Waals surface area contributed by atoms with E-state index in [1.165, 1.54) is 131 Å². The molecule has 0 saturated carbocycles. The van der Waals surface area contributed by atoms with E-state index in [1.54, 1.807) is 0 Å². The second kappa shape index (κ2) is 27.4. The first-order valence-corrected chi connectivity index (χ1v) is 34.5. The maximum Gasteiger partial charge on any atom is 0.493 e. The van der Waals surface area contributed by atoms with Crippen molar-refractivity contribution in [3.05, 3.63) is 294 Å². The first-order valence-electron chi connectivity index (χ1n) is 32.5. The SMILES string of the molecule is C[N+]1=C=[N+](c2[c-]cccc2)C=C1.Cc1cccc(C)c1-c1c[c-]c2c(c1)c1cccc3c1n1c(cnc21)CC3.[Ir].[Ir].[Ir].[Ir].[c-]1cccc2c1c1ncc3n1c1c(cccc21)CC3.[c-]1cccc2c1c1ncc3n1c1c(cccc21)CS3.[c-]1cccc2c1c1ncc3n1c1c(cccc21)SC3. The minimum atomic E-state index is 0. The molecule has 0 bridgehead atoms. The summed E-state index contributed by atoms with van der Waals surface area (Å²) in [5, 5.41) is 15.9. The maximum atomic E-state index is 4.77. The standard InChI is InChI=1S/C25H19N2.C17H11N2.2C16H9N2S.C10H9N2.4Ir/c1-15-5-3-6-16(2)23(15)18-10-12-21-22(13-18)20-8-4-7-17-9-11-19-14-26-25(21)27(19)24(17)20;1-2-6-15-13(5-1)14-7-3-4-11-8-9-12-10-18-17(15)19(12)16(11)14;1-2-6-13-11(5-1)12-7-3-4-10-9-19-14-8-17-16(13)18(14)15(10)12;1-2-5-13-11(4-1)12-6-3-7-14-15(12)18-10(9-19-14)8-17-16(13)18;1-11-7-8-12(9-11)10-5-3-2-4-6-10;;;;/h3-8,10,13-14H,9,11H2,1-2H3;1-5,7,10H,8-9H2;1-5,7-8H,9H2;1-4,6-8H,9H2;2-5,7-8H,1H3;;;;/q4*-1;+1;;;;. The van der Waals surface area contributed by atoms with Gasteiger partial charge < -0.3 is 17.6 Å². The molecule has 5 aliphatic heterocycles. The van der Waals surface area contributed by atoms with Gasteiger partial charge in [-0.05, 0) is 83.8 Å². The second-order valence-electron chi connectivity index (χ2n) is 25.1. The summed E-state index contributed by atoms with van der Waals surface area (Å²) in [7, 11) is 1.94. The van der Waals surface area contributed by atoms with Gasteiger partial charge in [0, 0.05) is 155 Å². The Balaban J connectivity index is 0.000000102. The van der Waals surface area contributed by atoms with E-state index in [1.807, 2.05) is 125 Å². The van der Waals surface area contributed by atoms with Crippen LogP contribution in [0.1, 0.15) is 44.9 Å². The molecule has 0 atom stereocenters. The summed E-state index contributed by atoms with van der Waals surface area (Å²) in [4.78, 5) is 20.0. The van der Waals surface area contributed by atoms with Gasteiger partial charge in [-0.1, -0.05) is 144 Å². The minimum Gasteiger partial charge on any atom is -0.337 e. The summed E-state index contributed by atoms with van der Waals surface area (Å²) in [6.45, 7) is 4.37. The van der Waals surface area contributed by atoms with Gasteiger partial charge in [0.25, 0.3) is 6.20 Å². The molecular weight excluding hydrogens is 1980 g/mol. The third kappa shape index (κ3) is 11.0. The van der Waals surface area contributed by atoms with Gasteiger partial charge >= 0.3 is 6.01 Å². The molecule has 0 saturated heterocycles. The maximum absolute atomic E-state index is 4.77. The van der Waals surface area contributed by atoms with Crippen molar-refractivity contribution in [3.8, 4) is 11.1 Å². The van der Waals surface area contributed by atoms with Crippen LogP contribution in [-0.4, -0.2) is 59.7 Å². The summed E-state index contributed by atoms with van der Waals surface area (Å²) in [6, 6.07) is 83.6. The second-order valence-corrected chi connectivity index (χ2v) is 27.1. The predicted molar refractivity (Wildman–Crippen MR) is 391 cm³/mol. The van der Waals surface area contributed by atoms with Gasteiger partial charge in [-0.15, -0.1) is 142 Å². The van der Waals surface area contributed by atoms with Gasteiger partial charge in [0.05, 0.1) is 33.1 Å². The number of para-hydroxylation sites is 5. The van der Waals surface area contributed by atoms with Gasteiger partial charge in [-0.2, -0.15) is 18.2 Å². The largest absolute Gasteiger partial charge is 0.493 e. The van der Waals surface area contributed by atoms with E-state index in [4.69, 9.17) is 4.98 Å². The van der Waals surface area contributed by atoms with E-state index >= 15 is 0 Å². The Morgan fingerprint density at radius 2 is 0.890 bits per heavy atom. The number of aromatic nitrogens is 8. The number of nitrogens with zero attached hydrogens (tertiary/aromatic N) is 10. The number of hydrogen-bond acceptors (Lipinski definition) is 6. The molecule has 16 heteroatoms. The zero-order valence-electron chi connectivity index (χ0n) is 54.1. The number of pyridine rings is 4. The first kappa shape index (κ1) is 67.3. The Hall–Kier alpha value is -8.54. The van der Waals surface area contributed by atoms with Crippen LogP contribution in [0, 0.1) is 44.2 Å². The molecule has 0 amide bonds. The number of rotatable bonds is 2. The molecule has 23 rings (SSSR count). The van der Waals surface area contributed by atoms with Gasteiger partial charge in [-0.25, -0.2) is 0 Å². The normalized spacial score (nSPS) is 13.2. The van der Waals surface area contributed by atoms with E-state index in [-0.39, 0.29) is 80.4 Å². The van der Waals surface area contributed by atoms with E-state index in [9.17, 15) is 0 Å². The smallest absolute Gasteiger partial charge is 0.337 e. The summed E-state index contributed by atoms with van der Waals surface area (Å²) < 4.78 is 13.1. The van der Waals surface area contributed by atoms with Gasteiger partial charge in [0.1, 0.15) is 5.69 Å².